The van der Waals surface area contributed by atoms with Gasteiger partial charge < -0.3 is 39.5 Å². The summed E-state index contributed by atoms with van der Waals surface area (Å²) in [6.07, 6.45) is 0.880. The topological polar surface area (TPSA) is 107 Å². The quantitative estimate of drug-likeness (QED) is 0.475. The Bertz CT molecular complexity index is 1440. The maximum atomic E-state index is 15.5. The average molecular weight is 570 g/mol. The SMILES string of the molecule is Cc1c(N2CCN(C(=O)O)CC2)nc2cc(F)cc(F)c2c1Nc1cc(N2CCOCC2)cnc1N1CCOCC1. The Morgan fingerprint density at radius 1 is 0.878 bits per heavy atom. The molecule has 0 spiro atoms. The van der Waals surface area contributed by atoms with Gasteiger partial charge in [0.05, 0.1) is 60.6 Å². The Labute approximate surface area is 236 Å². The highest BCUT2D eigenvalue weighted by Crippen LogP contribution is 2.39. The van der Waals surface area contributed by atoms with Crippen LogP contribution in [0.2, 0.25) is 0 Å². The molecule has 0 unspecified atom stereocenters. The fourth-order valence-electron chi connectivity index (χ4n) is 5.66. The Morgan fingerprint density at radius 2 is 1.51 bits per heavy atom. The summed E-state index contributed by atoms with van der Waals surface area (Å²) < 4.78 is 40.9. The number of morpholine rings is 2. The molecule has 1 aromatic carbocycles. The lowest BCUT2D eigenvalue weighted by Gasteiger charge is -2.35. The van der Waals surface area contributed by atoms with Gasteiger partial charge in [-0.25, -0.2) is 23.5 Å². The van der Waals surface area contributed by atoms with Crippen molar-refractivity contribution in [1.82, 2.24) is 14.9 Å². The molecule has 6 rings (SSSR count). The van der Waals surface area contributed by atoms with E-state index in [0.717, 1.165) is 24.8 Å². The molecule has 0 aliphatic carbocycles. The standard InChI is InChI=1S/C28H33F2N7O4/c1-18-25(24-21(30)14-19(29)15-22(24)33-26(18)35-2-4-37(5-3-35)28(38)39)32-23-16-20(34-6-10-40-11-7-34)17-31-27(23)36-8-12-41-13-9-36/h14-17H,2-13H2,1H3,(H,32,33)(H,38,39). The van der Waals surface area contributed by atoms with E-state index in [4.69, 9.17) is 14.5 Å². The molecule has 1 amide bonds. The predicted molar refractivity (Wildman–Crippen MR) is 152 cm³/mol. The van der Waals surface area contributed by atoms with Crippen LogP contribution >= 0.6 is 0 Å². The van der Waals surface area contributed by atoms with Crippen LogP contribution in [0.4, 0.5) is 42.3 Å². The summed E-state index contributed by atoms with van der Waals surface area (Å²) in [5.41, 5.74) is 2.93. The molecule has 3 fully saturated rings. The van der Waals surface area contributed by atoms with Gasteiger partial charge in [-0.2, -0.15) is 0 Å². The van der Waals surface area contributed by atoms with Crippen molar-refractivity contribution in [2.24, 2.45) is 0 Å². The number of benzene rings is 1. The first kappa shape index (κ1) is 27.2. The molecule has 11 nitrogen and oxygen atoms in total. The minimum atomic E-state index is -0.970. The second kappa shape index (κ2) is 11.5. The van der Waals surface area contributed by atoms with E-state index in [1.165, 1.54) is 11.0 Å². The van der Waals surface area contributed by atoms with E-state index in [9.17, 15) is 14.3 Å². The number of carbonyl (C=O) groups is 1. The van der Waals surface area contributed by atoms with Gasteiger partial charge in [-0.15, -0.1) is 0 Å². The van der Waals surface area contributed by atoms with E-state index in [1.54, 1.807) is 0 Å². The molecule has 0 radical (unpaired) electrons. The number of rotatable bonds is 5. The summed E-state index contributed by atoms with van der Waals surface area (Å²) in [6.45, 7) is 8.47. The first-order chi connectivity index (χ1) is 19.9. The Kier molecular flexibility index (Phi) is 7.63. The summed E-state index contributed by atoms with van der Waals surface area (Å²) in [4.78, 5) is 28.6. The zero-order chi connectivity index (χ0) is 28.5. The minimum Gasteiger partial charge on any atom is -0.465 e. The van der Waals surface area contributed by atoms with Gasteiger partial charge >= 0.3 is 6.09 Å². The Balaban J connectivity index is 1.45. The maximum Gasteiger partial charge on any atom is 0.407 e. The zero-order valence-corrected chi connectivity index (χ0v) is 22.9. The van der Waals surface area contributed by atoms with Crippen LogP contribution < -0.4 is 20.0 Å². The molecule has 218 valence electrons. The number of nitrogens with zero attached hydrogens (tertiary/aromatic N) is 6. The number of piperazine rings is 1. The van der Waals surface area contributed by atoms with Crippen molar-refractivity contribution in [3.63, 3.8) is 0 Å². The van der Waals surface area contributed by atoms with Crippen LogP contribution in [0.15, 0.2) is 24.4 Å². The largest absolute Gasteiger partial charge is 0.465 e. The number of pyridine rings is 2. The van der Waals surface area contributed by atoms with E-state index in [-0.39, 0.29) is 10.9 Å². The average Bonchev–Trinajstić information content (AvgIpc) is 2.99. The summed E-state index contributed by atoms with van der Waals surface area (Å²) in [7, 11) is 0. The first-order valence-corrected chi connectivity index (χ1v) is 13.8. The van der Waals surface area contributed by atoms with Crippen LogP contribution in [0.3, 0.4) is 0 Å². The Hall–Kier alpha value is -3.97. The van der Waals surface area contributed by atoms with Crippen molar-refractivity contribution >= 4 is 45.7 Å². The van der Waals surface area contributed by atoms with Crippen LogP contribution in [0.1, 0.15) is 5.56 Å². The van der Waals surface area contributed by atoms with E-state index in [0.29, 0.717) is 94.3 Å². The van der Waals surface area contributed by atoms with E-state index >= 15 is 4.39 Å². The number of aromatic nitrogens is 2. The monoisotopic (exact) mass is 569 g/mol. The number of nitrogens with one attached hydrogen (secondary N) is 1. The van der Waals surface area contributed by atoms with E-state index in [2.05, 4.69) is 20.1 Å². The molecule has 3 saturated heterocycles. The molecule has 0 bridgehead atoms. The van der Waals surface area contributed by atoms with Crippen molar-refractivity contribution in [3.05, 3.63) is 41.6 Å². The third kappa shape index (κ3) is 5.51. The van der Waals surface area contributed by atoms with Crippen LogP contribution in [-0.2, 0) is 9.47 Å². The normalized spacial score (nSPS) is 18.2. The number of hydrogen-bond acceptors (Lipinski definition) is 9. The summed E-state index contributed by atoms with van der Waals surface area (Å²) in [5.74, 6) is -0.163. The molecule has 3 aliphatic rings. The number of amides is 1. The van der Waals surface area contributed by atoms with E-state index < -0.39 is 17.7 Å². The van der Waals surface area contributed by atoms with Gasteiger partial charge in [0.25, 0.3) is 0 Å². The van der Waals surface area contributed by atoms with Gasteiger partial charge in [0.15, 0.2) is 5.82 Å². The summed E-state index contributed by atoms with van der Waals surface area (Å²) in [5, 5.41) is 13.1. The zero-order valence-electron chi connectivity index (χ0n) is 22.9. The van der Waals surface area contributed by atoms with Gasteiger partial charge in [0.2, 0.25) is 0 Å². The highest BCUT2D eigenvalue weighted by molar-refractivity contribution is 5.98. The molecule has 2 N–H and O–H groups in total. The fourth-order valence-corrected chi connectivity index (χ4v) is 5.66. The van der Waals surface area contributed by atoms with Gasteiger partial charge in [0, 0.05) is 70.1 Å². The number of halogens is 2. The summed E-state index contributed by atoms with van der Waals surface area (Å²) >= 11 is 0. The van der Waals surface area contributed by atoms with Gasteiger partial charge in [-0.05, 0) is 13.0 Å². The number of carboxylic acid groups (broad SMARTS) is 1. The van der Waals surface area contributed by atoms with Crippen molar-refractivity contribution in [3.8, 4) is 0 Å². The fraction of sp³-hybridized carbons (Fsp3) is 0.464. The van der Waals surface area contributed by atoms with Crippen LogP contribution in [0.25, 0.3) is 10.9 Å². The lowest BCUT2D eigenvalue weighted by atomic mass is 10.1. The lowest BCUT2D eigenvalue weighted by Crippen LogP contribution is -2.48. The molecule has 0 saturated carbocycles. The molecule has 2 aromatic heterocycles. The molecule has 3 aromatic rings. The molecular formula is C28H33F2N7O4. The maximum absolute atomic E-state index is 15.5. The van der Waals surface area contributed by atoms with Crippen molar-refractivity contribution in [2.75, 3.05) is 98.8 Å². The molecule has 0 atom stereocenters. The molecular weight excluding hydrogens is 536 g/mol. The van der Waals surface area contributed by atoms with Crippen molar-refractivity contribution in [2.45, 2.75) is 6.92 Å². The Morgan fingerprint density at radius 3 is 2.17 bits per heavy atom. The first-order valence-electron chi connectivity index (χ1n) is 13.8. The van der Waals surface area contributed by atoms with Gasteiger partial charge in [-0.1, -0.05) is 0 Å². The van der Waals surface area contributed by atoms with Crippen LogP contribution in [0, 0.1) is 18.6 Å². The van der Waals surface area contributed by atoms with Gasteiger partial charge in [0.1, 0.15) is 17.5 Å². The molecule has 5 heterocycles. The van der Waals surface area contributed by atoms with Crippen LogP contribution in [-0.4, -0.2) is 105 Å². The number of ether oxygens (including phenoxy) is 2. The van der Waals surface area contributed by atoms with Crippen molar-refractivity contribution < 1.29 is 28.2 Å². The molecule has 13 heteroatoms. The van der Waals surface area contributed by atoms with Gasteiger partial charge in [-0.3, -0.25) is 0 Å². The minimum absolute atomic E-state index is 0.177. The predicted octanol–water partition coefficient (Wildman–Crippen LogP) is 3.43. The number of hydrogen-bond donors (Lipinski definition) is 2. The highest BCUT2D eigenvalue weighted by atomic mass is 19.1. The van der Waals surface area contributed by atoms with Crippen LogP contribution in [0.5, 0.6) is 0 Å². The second-order valence-electron chi connectivity index (χ2n) is 10.4. The molecule has 3 aliphatic heterocycles. The van der Waals surface area contributed by atoms with E-state index in [1.807, 2.05) is 24.1 Å². The second-order valence-corrected chi connectivity index (χ2v) is 10.4. The summed E-state index contributed by atoms with van der Waals surface area (Å²) in [6, 6.07) is 4.11. The van der Waals surface area contributed by atoms with Crippen molar-refractivity contribution in [1.29, 1.82) is 0 Å². The lowest BCUT2D eigenvalue weighted by molar-refractivity contribution is 0.122. The highest BCUT2D eigenvalue weighted by Gasteiger charge is 2.27. The third-order valence-corrected chi connectivity index (χ3v) is 7.87. The third-order valence-electron chi connectivity index (χ3n) is 7.87. The number of anilines is 5. The number of fused-ring (bicyclic) bond motifs is 1. The molecule has 41 heavy (non-hydrogen) atoms. The smallest absolute Gasteiger partial charge is 0.407 e.